The number of hydrogen-bond acceptors (Lipinski definition) is 4. The maximum absolute atomic E-state index is 13.3. The van der Waals surface area contributed by atoms with Crippen LogP contribution in [-0.2, 0) is 13.0 Å². The number of carbonyl (C=O) groups excluding carboxylic acids is 1. The van der Waals surface area contributed by atoms with Gasteiger partial charge in [-0.1, -0.05) is 26.2 Å². The number of carbonyl (C=O) groups is 1. The second kappa shape index (κ2) is 7.38. The maximum Gasteiger partial charge on any atom is 0.264 e. The van der Waals surface area contributed by atoms with Crippen molar-refractivity contribution in [1.82, 2.24) is 14.5 Å². The molecule has 2 atom stereocenters. The Morgan fingerprint density at radius 2 is 1.96 bits per heavy atom. The highest BCUT2D eigenvalue weighted by molar-refractivity contribution is 7.20. The summed E-state index contributed by atoms with van der Waals surface area (Å²) in [5.74, 6) is 1.47. The quantitative estimate of drug-likeness (QED) is 0.778. The molecule has 1 fully saturated rings. The lowest BCUT2D eigenvalue weighted by molar-refractivity contribution is 0.0633. The number of aromatic nitrogens is 2. The summed E-state index contributed by atoms with van der Waals surface area (Å²) in [6.07, 6.45) is 8.80. The van der Waals surface area contributed by atoms with Crippen molar-refractivity contribution in [3.63, 3.8) is 0 Å². The van der Waals surface area contributed by atoms with Crippen LogP contribution in [0.2, 0.25) is 0 Å². The molecular formula is C21H29N3O2S. The van der Waals surface area contributed by atoms with Crippen LogP contribution in [0.25, 0.3) is 10.2 Å². The highest BCUT2D eigenvalue weighted by atomic mass is 32.1. The van der Waals surface area contributed by atoms with E-state index in [0.29, 0.717) is 22.2 Å². The number of rotatable bonds is 2. The minimum atomic E-state index is 0.0402. The van der Waals surface area contributed by atoms with Crippen molar-refractivity contribution in [2.75, 3.05) is 7.05 Å². The van der Waals surface area contributed by atoms with Gasteiger partial charge in [0.05, 0.1) is 10.3 Å². The van der Waals surface area contributed by atoms with E-state index < -0.39 is 0 Å². The third-order valence-corrected chi connectivity index (χ3v) is 7.66. The molecule has 5 nitrogen and oxygen atoms in total. The predicted molar refractivity (Wildman–Crippen MR) is 110 cm³/mol. The van der Waals surface area contributed by atoms with E-state index in [1.165, 1.54) is 30.6 Å². The number of aryl methyl sites for hydroxylation is 2. The number of thiophene rings is 1. The average molecular weight is 388 g/mol. The predicted octanol–water partition coefficient (Wildman–Crippen LogP) is 4.14. The summed E-state index contributed by atoms with van der Waals surface area (Å²) in [6, 6.07) is 0.293. The van der Waals surface area contributed by atoms with E-state index in [-0.39, 0.29) is 11.5 Å². The molecule has 2 aromatic heterocycles. The Labute approximate surface area is 164 Å². The monoisotopic (exact) mass is 387 g/mol. The van der Waals surface area contributed by atoms with Crippen LogP contribution in [0.3, 0.4) is 0 Å². The molecule has 4 rings (SSSR count). The normalized spacial score (nSPS) is 23.1. The minimum absolute atomic E-state index is 0.0402. The Morgan fingerprint density at radius 3 is 2.74 bits per heavy atom. The van der Waals surface area contributed by atoms with Gasteiger partial charge in [-0.2, -0.15) is 0 Å². The largest absolute Gasteiger partial charge is 0.338 e. The lowest BCUT2D eigenvalue weighted by Crippen LogP contribution is -2.42. The summed E-state index contributed by atoms with van der Waals surface area (Å²) in [4.78, 5) is 34.5. The van der Waals surface area contributed by atoms with E-state index in [1.54, 1.807) is 0 Å². The molecule has 0 aromatic carbocycles. The van der Waals surface area contributed by atoms with Gasteiger partial charge in [-0.15, -0.1) is 11.3 Å². The molecule has 146 valence electrons. The maximum atomic E-state index is 13.3. The number of nitrogens with zero attached hydrogens (tertiary/aromatic N) is 3. The first-order chi connectivity index (χ1) is 13.0. The highest BCUT2D eigenvalue weighted by Crippen LogP contribution is 2.32. The summed E-state index contributed by atoms with van der Waals surface area (Å²) < 4.78 is 1.84. The Hall–Kier alpha value is -1.69. The van der Waals surface area contributed by atoms with Crippen LogP contribution in [0, 0.1) is 12.8 Å². The number of hydrogen-bond donors (Lipinski definition) is 0. The second-order valence-corrected chi connectivity index (χ2v) is 9.28. The summed E-state index contributed by atoms with van der Waals surface area (Å²) >= 11 is 1.40. The van der Waals surface area contributed by atoms with E-state index in [4.69, 9.17) is 4.98 Å². The molecule has 1 aliphatic heterocycles. The van der Waals surface area contributed by atoms with E-state index >= 15 is 0 Å². The SMILES string of the molecule is Cc1c(C(=O)N(C)C2CCCCC2C)sc2nc3n(c(=O)c12)CCCCC3. The molecule has 6 heteroatoms. The Morgan fingerprint density at radius 1 is 1.19 bits per heavy atom. The average Bonchev–Trinajstić information content (AvgIpc) is 2.83. The van der Waals surface area contributed by atoms with Gasteiger partial charge in [-0.3, -0.25) is 14.2 Å². The molecule has 0 N–H and O–H groups in total. The van der Waals surface area contributed by atoms with Gasteiger partial charge in [0.25, 0.3) is 11.5 Å². The molecular weight excluding hydrogens is 358 g/mol. The smallest absolute Gasteiger partial charge is 0.264 e. The van der Waals surface area contributed by atoms with Crippen molar-refractivity contribution in [3.05, 3.63) is 26.6 Å². The van der Waals surface area contributed by atoms with Crippen LogP contribution < -0.4 is 5.56 Å². The molecule has 3 heterocycles. The van der Waals surface area contributed by atoms with Crippen LogP contribution in [-0.4, -0.2) is 33.4 Å². The fourth-order valence-electron chi connectivity index (χ4n) is 4.80. The van der Waals surface area contributed by atoms with Crippen LogP contribution in [0.1, 0.15) is 72.9 Å². The van der Waals surface area contributed by atoms with Crippen molar-refractivity contribution < 1.29 is 4.79 Å². The summed E-state index contributed by atoms with van der Waals surface area (Å²) in [7, 11) is 1.92. The van der Waals surface area contributed by atoms with E-state index in [0.717, 1.165) is 54.9 Å². The molecule has 2 unspecified atom stereocenters. The molecule has 0 bridgehead atoms. The van der Waals surface area contributed by atoms with Crippen LogP contribution in [0.5, 0.6) is 0 Å². The van der Waals surface area contributed by atoms with Crippen molar-refractivity contribution in [2.24, 2.45) is 5.92 Å². The fraction of sp³-hybridized carbons (Fsp3) is 0.667. The van der Waals surface area contributed by atoms with Crippen LogP contribution in [0.4, 0.5) is 0 Å². The molecule has 1 saturated carbocycles. The van der Waals surface area contributed by atoms with Crippen molar-refractivity contribution in [1.29, 1.82) is 0 Å². The van der Waals surface area contributed by atoms with Crippen molar-refractivity contribution in [3.8, 4) is 0 Å². The van der Waals surface area contributed by atoms with Crippen molar-refractivity contribution in [2.45, 2.75) is 77.8 Å². The van der Waals surface area contributed by atoms with E-state index in [9.17, 15) is 9.59 Å². The molecule has 0 radical (unpaired) electrons. The first-order valence-corrected chi connectivity index (χ1v) is 11.1. The lowest BCUT2D eigenvalue weighted by Gasteiger charge is -2.36. The highest BCUT2D eigenvalue weighted by Gasteiger charge is 2.31. The van der Waals surface area contributed by atoms with Gasteiger partial charge in [-0.05, 0) is 44.1 Å². The second-order valence-electron chi connectivity index (χ2n) is 8.28. The molecule has 1 amide bonds. The first-order valence-electron chi connectivity index (χ1n) is 10.3. The summed E-state index contributed by atoms with van der Waals surface area (Å²) in [5.41, 5.74) is 0.853. The summed E-state index contributed by atoms with van der Waals surface area (Å²) in [5, 5.41) is 0.652. The Kier molecular flexibility index (Phi) is 5.10. The zero-order valence-electron chi connectivity index (χ0n) is 16.6. The van der Waals surface area contributed by atoms with Gasteiger partial charge in [0, 0.05) is 26.1 Å². The fourth-order valence-corrected chi connectivity index (χ4v) is 5.97. The van der Waals surface area contributed by atoms with E-state index in [2.05, 4.69) is 6.92 Å². The van der Waals surface area contributed by atoms with Crippen LogP contribution in [0.15, 0.2) is 4.79 Å². The molecule has 0 spiro atoms. The number of fused-ring (bicyclic) bond motifs is 2. The van der Waals surface area contributed by atoms with Gasteiger partial charge in [0.1, 0.15) is 10.7 Å². The topological polar surface area (TPSA) is 55.2 Å². The van der Waals surface area contributed by atoms with Gasteiger partial charge < -0.3 is 4.90 Å². The number of amides is 1. The zero-order valence-corrected chi connectivity index (χ0v) is 17.4. The third-order valence-electron chi connectivity index (χ3n) is 6.49. The van der Waals surface area contributed by atoms with Gasteiger partial charge in [0.15, 0.2) is 0 Å². The molecule has 2 aliphatic rings. The standard InChI is InChI=1S/C21H29N3O2S/c1-13-9-6-7-10-15(13)23(3)21(26)18-14(2)17-19(27-18)22-16-11-5-4-8-12-24(16)20(17)25/h13,15H,4-12H2,1-3H3. The van der Waals surface area contributed by atoms with Crippen molar-refractivity contribution >= 4 is 27.5 Å². The summed E-state index contributed by atoms with van der Waals surface area (Å²) in [6.45, 7) is 4.91. The Balaban J connectivity index is 1.74. The molecule has 27 heavy (non-hydrogen) atoms. The zero-order chi connectivity index (χ0) is 19.1. The lowest BCUT2D eigenvalue weighted by atomic mass is 9.85. The van der Waals surface area contributed by atoms with Crippen LogP contribution >= 0.6 is 11.3 Å². The third kappa shape index (κ3) is 3.22. The van der Waals surface area contributed by atoms with Gasteiger partial charge >= 0.3 is 0 Å². The van der Waals surface area contributed by atoms with Gasteiger partial charge in [0.2, 0.25) is 0 Å². The molecule has 1 aliphatic carbocycles. The first kappa shape index (κ1) is 18.7. The molecule has 2 aromatic rings. The van der Waals surface area contributed by atoms with Gasteiger partial charge in [-0.25, -0.2) is 4.98 Å². The van der Waals surface area contributed by atoms with E-state index in [1.807, 2.05) is 23.4 Å². The molecule has 0 saturated heterocycles. The minimum Gasteiger partial charge on any atom is -0.338 e. The Bertz CT molecular complexity index is 930.